The average Bonchev–Trinajstić information content (AvgIpc) is 2.30. The second kappa shape index (κ2) is 5.04. The Kier molecular flexibility index (Phi) is 3.69. The summed E-state index contributed by atoms with van der Waals surface area (Å²) in [6.45, 7) is 8.99. The Morgan fingerprint density at radius 1 is 1.19 bits per heavy atom. The van der Waals surface area contributed by atoms with E-state index in [1.807, 2.05) is 9.80 Å². The van der Waals surface area contributed by atoms with Gasteiger partial charge in [-0.05, 0) is 25.7 Å². The molecule has 4 nitrogen and oxygen atoms in total. The summed E-state index contributed by atoms with van der Waals surface area (Å²) in [6, 6.07) is 0.585. The van der Waals surface area contributed by atoms with Crippen LogP contribution in [0.25, 0.3) is 0 Å². The van der Waals surface area contributed by atoms with Crippen molar-refractivity contribution in [2.24, 2.45) is 5.92 Å². The second-order valence-corrected chi connectivity index (χ2v) is 5.20. The van der Waals surface area contributed by atoms with E-state index in [0.29, 0.717) is 6.04 Å². The van der Waals surface area contributed by atoms with Crippen LogP contribution in [0.3, 0.4) is 0 Å². The molecule has 0 aromatic heterocycles. The molecular formula is C12H23N3O. The summed E-state index contributed by atoms with van der Waals surface area (Å²) in [5, 5.41) is 3.32. The minimum Gasteiger partial charge on any atom is -0.325 e. The van der Waals surface area contributed by atoms with Gasteiger partial charge in [0, 0.05) is 38.8 Å². The van der Waals surface area contributed by atoms with Gasteiger partial charge in [0.1, 0.15) is 0 Å². The number of piperidine rings is 1. The molecule has 1 N–H and O–H groups in total. The lowest BCUT2D eigenvalue weighted by molar-refractivity contribution is 0.112. The molecule has 2 amide bonds. The summed E-state index contributed by atoms with van der Waals surface area (Å²) in [5.74, 6) is 0.782. The zero-order chi connectivity index (χ0) is 11.5. The quantitative estimate of drug-likeness (QED) is 0.671. The van der Waals surface area contributed by atoms with Crippen molar-refractivity contribution in [2.75, 3.05) is 32.7 Å². The normalized spacial score (nSPS) is 28.2. The molecule has 1 atom stereocenters. The van der Waals surface area contributed by atoms with Crippen LogP contribution in [-0.4, -0.2) is 54.6 Å². The van der Waals surface area contributed by atoms with Gasteiger partial charge in [-0.25, -0.2) is 4.79 Å². The third-order valence-electron chi connectivity index (χ3n) is 3.80. The molecule has 0 saturated carbocycles. The predicted molar refractivity (Wildman–Crippen MR) is 64.4 cm³/mol. The first kappa shape index (κ1) is 11.7. The molecule has 0 bridgehead atoms. The summed E-state index contributed by atoms with van der Waals surface area (Å²) in [7, 11) is 0. The van der Waals surface area contributed by atoms with Gasteiger partial charge in [0.05, 0.1) is 0 Å². The SMILES string of the molecule is CC1CCN(C(=O)N2CCNC[C@H]2C)CC1. The van der Waals surface area contributed by atoms with Gasteiger partial charge in [-0.1, -0.05) is 6.92 Å². The fraction of sp³-hybridized carbons (Fsp3) is 0.917. The van der Waals surface area contributed by atoms with E-state index in [1.54, 1.807) is 0 Å². The van der Waals surface area contributed by atoms with Crippen LogP contribution < -0.4 is 5.32 Å². The van der Waals surface area contributed by atoms with Crippen molar-refractivity contribution in [1.82, 2.24) is 15.1 Å². The molecule has 16 heavy (non-hydrogen) atoms. The fourth-order valence-corrected chi connectivity index (χ4v) is 2.51. The number of carbonyl (C=O) groups excluding carboxylic acids is 1. The van der Waals surface area contributed by atoms with Gasteiger partial charge >= 0.3 is 6.03 Å². The standard InChI is InChI=1S/C12H23N3O/c1-10-3-6-14(7-4-10)12(16)15-8-5-13-9-11(15)2/h10-11,13H,3-9H2,1-2H3/t11-/m1/s1. The molecule has 4 heteroatoms. The number of amides is 2. The largest absolute Gasteiger partial charge is 0.325 e. The Morgan fingerprint density at radius 2 is 1.88 bits per heavy atom. The van der Waals surface area contributed by atoms with E-state index >= 15 is 0 Å². The molecule has 0 spiro atoms. The van der Waals surface area contributed by atoms with Crippen LogP contribution >= 0.6 is 0 Å². The lowest BCUT2D eigenvalue weighted by Crippen LogP contribution is -2.57. The molecule has 0 radical (unpaired) electrons. The van der Waals surface area contributed by atoms with E-state index < -0.39 is 0 Å². The van der Waals surface area contributed by atoms with Crippen molar-refractivity contribution < 1.29 is 4.79 Å². The van der Waals surface area contributed by atoms with Crippen molar-refractivity contribution in [3.8, 4) is 0 Å². The van der Waals surface area contributed by atoms with E-state index in [9.17, 15) is 4.79 Å². The topological polar surface area (TPSA) is 35.6 Å². The van der Waals surface area contributed by atoms with Crippen LogP contribution in [0.5, 0.6) is 0 Å². The van der Waals surface area contributed by atoms with Gasteiger partial charge in [-0.3, -0.25) is 0 Å². The summed E-state index contributed by atoms with van der Waals surface area (Å²) >= 11 is 0. The van der Waals surface area contributed by atoms with E-state index in [0.717, 1.165) is 51.5 Å². The molecule has 0 unspecified atom stereocenters. The molecule has 2 fully saturated rings. The molecule has 0 aromatic rings. The van der Waals surface area contributed by atoms with Crippen LogP contribution in [-0.2, 0) is 0 Å². The second-order valence-electron chi connectivity index (χ2n) is 5.20. The maximum Gasteiger partial charge on any atom is 0.320 e. The predicted octanol–water partition coefficient (Wildman–Crippen LogP) is 1.13. The number of hydrogen-bond acceptors (Lipinski definition) is 2. The van der Waals surface area contributed by atoms with Crippen molar-refractivity contribution in [2.45, 2.75) is 32.7 Å². The van der Waals surface area contributed by atoms with Crippen molar-refractivity contribution in [1.29, 1.82) is 0 Å². The molecular weight excluding hydrogens is 202 g/mol. The highest BCUT2D eigenvalue weighted by atomic mass is 16.2. The molecule has 2 aliphatic rings. The third kappa shape index (κ3) is 2.48. The smallest absolute Gasteiger partial charge is 0.320 e. The number of rotatable bonds is 0. The first-order valence-electron chi connectivity index (χ1n) is 6.44. The number of nitrogens with one attached hydrogen (secondary N) is 1. The first-order chi connectivity index (χ1) is 7.68. The maximum absolute atomic E-state index is 12.3. The lowest BCUT2D eigenvalue weighted by atomic mass is 9.99. The molecule has 2 aliphatic heterocycles. The zero-order valence-electron chi connectivity index (χ0n) is 10.4. The van der Waals surface area contributed by atoms with Crippen molar-refractivity contribution >= 4 is 6.03 Å². The summed E-state index contributed by atoms with van der Waals surface area (Å²) in [6.07, 6.45) is 2.32. The van der Waals surface area contributed by atoms with Gasteiger partial charge in [0.15, 0.2) is 0 Å². The number of nitrogens with zero attached hydrogens (tertiary/aromatic N) is 2. The van der Waals surface area contributed by atoms with Gasteiger partial charge < -0.3 is 15.1 Å². The average molecular weight is 225 g/mol. The number of hydrogen-bond donors (Lipinski definition) is 1. The third-order valence-corrected chi connectivity index (χ3v) is 3.80. The highest BCUT2D eigenvalue weighted by molar-refractivity contribution is 5.75. The molecule has 2 rings (SSSR count). The van der Waals surface area contributed by atoms with Gasteiger partial charge in [0.25, 0.3) is 0 Å². The fourth-order valence-electron chi connectivity index (χ4n) is 2.51. The van der Waals surface area contributed by atoms with Crippen LogP contribution in [0.1, 0.15) is 26.7 Å². The summed E-state index contributed by atoms with van der Waals surface area (Å²) < 4.78 is 0. The number of piperazine rings is 1. The van der Waals surface area contributed by atoms with Gasteiger partial charge in [-0.2, -0.15) is 0 Å². The minimum absolute atomic E-state index is 0.251. The van der Waals surface area contributed by atoms with Crippen LogP contribution in [0, 0.1) is 5.92 Å². The Hall–Kier alpha value is -0.770. The van der Waals surface area contributed by atoms with Crippen molar-refractivity contribution in [3.05, 3.63) is 0 Å². The highest BCUT2D eigenvalue weighted by Gasteiger charge is 2.28. The molecule has 2 saturated heterocycles. The summed E-state index contributed by atoms with van der Waals surface area (Å²) in [4.78, 5) is 16.3. The van der Waals surface area contributed by atoms with E-state index in [-0.39, 0.29) is 6.03 Å². The van der Waals surface area contributed by atoms with Gasteiger partial charge in [0.2, 0.25) is 0 Å². The molecule has 0 aromatic carbocycles. The van der Waals surface area contributed by atoms with Crippen LogP contribution in [0.4, 0.5) is 4.79 Å². The Morgan fingerprint density at radius 3 is 2.50 bits per heavy atom. The van der Waals surface area contributed by atoms with Crippen LogP contribution in [0.15, 0.2) is 0 Å². The number of urea groups is 1. The summed E-state index contributed by atoms with van der Waals surface area (Å²) in [5.41, 5.74) is 0. The maximum atomic E-state index is 12.3. The van der Waals surface area contributed by atoms with Crippen LogP contribution in [0.2, 0.25) is 0 Å². The van der Waals surface area contributed by atoms with E-state index in [4.69, 9.17) is 0 Å². The lowest BCUT2D eigenvalue weighted by Gasteiger charge is -2.39. The zero-order valence-corrected chi connectivity index (χ0v) is 10.4. The highest BCUT2D eigenvalue weighted by Crippen LogP contribution is 2.18. The number of likely N-dealkylation sites (tertiary alicyclic amines) is 1. The van der Waals surface area contributed by atoms with E-state index in [1.165, 1.54) is 0 Å². The van der Waals surface area contributed by atoms with Gasteiger partial charge in [-0.15, -0.1) is 0 Å². The molecule has 92 valence electrons. The van der Waals surface area contributed by atoms with Crippen molar-refractivity contribution in [3.63, 3.8) is 0 Å². The monoisotopic (exact) mass is 225 g/mol. The molecule has 0 aliphatic carbocycles. The molecule has 2 heterocycles. The Labute approximate surface area is 98.0 Å². The van der Waals surface area contributed by atoms with E-state index in [2.05, 4.69) is 19.2 Å². The minimum atomic E-state index is 0.251. The number of carbonyl (C=O) groups is 1. The Balaban J connectivity index is 1.90. The Bertz CT molecular complexity index is 249. The first-order valence-corrected chi connectivity index (χ1v) is 6.44.